The van der Waals surface area contributed by atoms with Gasteiger partial charge in [-0.15, -0.1) is 13.2 Å². The molecule has 0 unspecified atom stereocenters. The molecule has 0 heterocycles. The lowest BCUT2D eigenvalue weighted by Gasteiger charge is -2.13. The minimum absolute atomic E-state index is 0.0968. The summed E-state index contributed by atoms with van der Waals surface area (Å²) in [6, 6.07) is 11.9. The Balaban J connectivity index is 2.02. The molecule has 2 N–H and O–H groups in total. The maximum absolute atomic E-state index is 12.4. The Hall–Kier alpha value is -3.29. The second-order valence-electron chi connectivity index (χ2n) is 5.17. The number of para-hydroxylation sites is 2. The van der Waals surface area contributed by atoms with Crippen molar-refractivity contribution in [1.82, 2.24) is 0 Å². The molecule has 0 aromatic heterocycles. The van der Waals surface area contributed by atoms with Crippen LogP contribution in [-0.2, 0) is 9.59 Å². The number of nitrogens with one attached hydrogen (secondary N) is 2. The minimum atomic E-state index is -4.85. The topological polar surface area (TPSA) is 67.4 Å². The number of anilines is 2. The molecule has 0 spiro atoms. The number of halogens is 3. The second-order valence-corrected chi connectivity index (χ2v) is 5.17. The van der Waals surface area contributed by atoms with Gasteiger partial charge in [-0.2, -0.15) is 0 Å². The van der Waals surface area contributed by atoms with Gasteiger partial charge >= 0.3 is 6.36 Å². The highest BCUT2D eigenvalue weighted by molar-refractivity contribution is 6.02. The Kier molecular flexibility index (Phi) is 6.00. The average molecular weight is 364 g/mol. The molecule has 0 radical (unpaired) electrons. The Morgan fingerprint density at radius 2 is 1.65 bits per heavy atom. The highest BCUT2D eigenvalue weighted by Crippen LogP contribution is 2.29. The van der Waals surface area contributed by atoms with Gasteiger partial charge in [-0.25, -0.2) is 0 Å². The standard InChI is InChI=1S/C18H15F3N2O3/c1-12(24)22-14-9-6-13(7-10-14)8-11-17(25)23-15-4-2-3-5-16(15)26-18(19,20)21/h2-11H,1H3,(H,22,24)(H,23,25)/b11-8+. The maximum atomic E-state index is 12.4. The predicted octanol–water partition coefficient (Wildman–Crippen LogP) is 4.20. The molecule has 2 amide bonds. The molecule has 0 saturated carbocycles. The van der Waals surface area contributed by atoms with E-state index in [2.05, 4.69) is 15.4 Å². The van der Waals surface area contributed by atoms with Crippen LogP contribution in [-0.4, -0.2) is 18.2 Å². The molecule has 136 valence electrons. The summed E-state index contributed by atoms with van der Waals surface area (Å²) in [7, 11) is 0. The van der Waals surface area contributed by atoms with Crippen LogP contribution in [0.15, 0.2) is 54.6 Å². The minimum Gasteiger partial charge on any atom is -0.404 e. The Labute approximate surface area is 147 Å². The van der Waals surface area contributed by atoms with Gasteiger partial charge in [0.15, 0.2) is 5.75 Å². The number of hydrogen-bond donors (Lipinski definition) is 2. The fourth-order valence-corrected chi connectivity index (χ4v) is 2.01. The summed E-state index contributed by atoms with van der Waals surface area (Å²) >= 11 is 0. The normalized spacial score (nSPS) is 11.2. The lowest BCUT2D eigenvalue weighted by Crippen LogP contribution is -2.19. The van der Waals surface area contributed by atoms with Gasteiger partial charge in [-0.1, -0.05) is 24.3 Å². The quantitative estimate of drug-likeness (QED) is 0.782. The van der Waals surface area contributed by atoms with E-state index in [9.17, 15) is 22.8 Å². The first-order valence-electron chi connectivity index (χ1n) is 7.44. The molecule has 0 fully saturated rings. The molecule has 2 aromatic carbocycles. The molecular weight excluding hydrogens is 349 g/mol. The number of rotatable bonds is 5. The fraction of sp³-hybridized carbons (Fsp3) is 0.111. The summed E-state index contributed by atoms with van der Waals surface area (Å²) in [5.41, 5.74) is 1.19. The van der Waals surface area contributed by atoms with Gasteiger partial charge in [-0.3, -0.25) is 9.59 Å². The van der Waals surface area contributed by atoms with Gasteiger partial charge < -0.3 is 15.4 Å². The molecule has 2 aromatic rings. The van der Waals surface area contributed by atoms with Crippen LogP contribution >= 0.6 is 0 Å². The van der Waals surface area contributed by atoms with E-state index in [1.54, 1.807) is 24.3 Å². The molecule has 5 nitrogen and oxygen atoms in total. The van der Waals surface area contributed by atoms with Crippen molar-refractivity contribution in [3.63, 3.8) is 0 Å². The van der Waals surface area contributed by atoms with Crippen molar-refractivity contribution in [2.24, 2.45) is 0 Å². The van der Waals surface area contributed by atoms with Crippen LogP contribution in [0, 0.1) is 0 Å². The van der Waals surface area contributed by atoms with E-state index < -0.39 is 18.0 Å². The van der Waals surface area contributed by atoms with E-state index in [0.29, 0.717) is 11.3 Å². The Morgan fingerprint density at radius 1 is 1.00 bits per heavy atom. The van der Waals surface area contributed by atoms with Crippen LogP contribution in [0.3, 0.4) is 0 Å². The first kappa shape index (κ1) is 19.0. The molecule has 0 atom stereocenters. The van der Waals surface area contributed by atoms with E-state index in [4.69, 9.17) is 0 Å². The second kappa shape index (κ2) is 8.19. The third-order valence-corrected chi connectivity index (χ3v) is 3.03. The Bertz CT molecular complexity index is 815. The first-order chi connectivity index (χ1) is 12.2. The summed E-state index contributed by atoms with van der Waals surface area (Å²) in [6.07, 6.45) is -2.19. The molecule has 2 rings (SSSR count). The highest BCUT2D eigenvalue weighted by atomic mass is 19.4. The lowest BCUT2D eigenvalue weighted by molar-refractivity contribution is -0.274. The van der Waals surface area contributed by atoms with E-state index in [0.717, 1.165) is 6.07 Å². The molecule has 8 heteroatoms. The average Bonchev–Trinajstić information content (AvgIpc) is 2.54. The summed E-state index contributed by atoms with van der Waals surface area (Å²) < 4.78 is 41.0. The predicted molar refractivity (Wildman–Crippen MR) is 91.5 cm³/mol. The van der Waals surface area contributed by atoms with Crippen molar-refractivity contribution in [2.45, 2.75) is 13.3 Å². The zero-order chi connectivity index (χ0) is 19.2. The van der Waals surface area contributed by atoms with Gasteiger partial charge in [0.05, 0.1) is 5.69 Å². The van der Waals surface area contributed by atoms with Crippen LogP contribution in [0.5, 0.6) is 5.75 Å². The van der Waals surface area contributed by atoms with Crippen molar-refractivity contribution in [3.05, 3.63) is 60.2 Å². The van der Waals surface area contributed by atoms with Crippen LogP contribution in [0.4, 0.5) is 24.5 Å². The van der Waals surface area contributed by atoms with Crippen molar-refractivity contribution < 1.29 is 27.5 Å². The number of hydrogen-bond acceptors (Lipinski definition) is 3. The SMILES string of the molecule is CC(=O)Nc1ccc(/C=C/C(=O)Nc2ccccc2OC(F)(F)F)cc1. The van der Waals surface area contributed by atoms with Crippen LogP contribution in [0.1, 0.15) is 12.5 Å². The van der Waals surface area contributed by atoms with E-state index in [1.807, 2.05) is 0 Å². The molecule has 26 heavy (non-hydrogen) atoms. The van der Waals surface area contributed by atoms with Gasteiger partial charge in [0, 0.05) is 18.7 Å². The van der Waals surface area contributed by atoms with E-state index >= 15 is 0 Å². The largest absolute Gasteiger partial charge is 0.573 e. The lowest BCUT2D eigenvalue weighted by atomic mass is 10.2. The van der Waals surface area contributed by atoms with E-state index in [-0.39, 0.29) is 11.6 Å². The van der Waals surface area contributed by atoms with Crippen molar-refractivity contribution in [2.75, 3.05) is 10.6 Å². The molecule has 0 saturated heterocycles. The number of alkyl halides is 3. The molecule has 0 bridgehead atoms. The molecular formula is C18H15F3N2O3. The van der Waals surface area contributed by atoms with Crippen LogP contribution in [0.25, 0.3) is 6.08 Å². The van der Waals surface area contributed by atoms with Crippen LogP contribution < -0.4 is 15.4 Å². The smallest absolute Gasteiger partial charge is 0.404 e. The maximum Gasteiger partial charge on any atom is 0.573 e. The number of amides is 2. The number of benzene rings is 2. The van der Waals surface area contributed by atoms with Crippen molar-refractivity contribution in [1.29, 1.82) is 0 Å². The molecule has 0 aliphatic heterocycles. The van der Waals surface area contributed by atoms with Gasteiger partial charge in [0.25, 0.3) is 0 Å². The third-order valence-electron chi connectivity index (χ3n) is 3.03. The molecule has 0 aliphatic rings. The number of carbonyl (C=O) groups is 2. The third kappa shape index (κ3) is 6.31. The fourth-order valence-electron chi connectivity index (χ4n) is 2.01. The highest BCUT2D eigenvalue weighted by Gasteiger charge is 2.32. The van der Waals surface area contributed by atoms with Crippen molar-refractivity contribution >= 4 is 29.3 Å². The number of carbonyl (C=O) groups excluding carboxylic acids is 2. The zero-order valence-electron chi connectivity index (χ0n) is 13.6. The summed E-state index contributed by atoms with van der Waals surface area (Å²) in [6.45, 7) is 1.39. The van der Waals surface area contributed by atoms with Crippen LogP contribution in [0.2, 0.25) is 0 Å². The number of ether oxygens (including phenoxy) is 1. The summed E-state index contributed by atoms with van der Waals surface area (Å²) in [4.78, 5) is 22.9. The molecule has 0 aliphatic carbocycles. The van der Waals surface area contributed by atoms with Gasteiger partial charge in [-0.05, 0) is 35.9 Å². The zero-order valence-corrected chi connectivity index (χ0v) is 13.6. The summed E-state index contributed by atoms with van der Waals surface area (Å²) in [5, 5.41) is 4.94. The monoisotopic (exact) mass is 364 g/mol. The van der Waals surface area contributed by atoms with Crippen molar-refractivity contribution in [3.8, 4) is 5.75 Å². The van der Waals surface area contributed by atoms with Gasteiger partial charge in [0.1, 0.15) is 0 Å². The summed E-state index contributed by atoms with van der Waals surface area (Å²) in [5.74, 6) is -1.32. The first-order valence-corrected chi connectivity index (χ1v) is 7.44. The van der Waals surface area contributed by atoms with E-state index in [1.165, 1.54) is 37.3 Å². The van der Waals surface area contributed by atoms with Gasteiger partial charge in [0.2, 0.25) is 11.8 Å². The Morgan fingerprint density at radius 3 is 2.27 bits per heavy atom.